The molecular formula is C13H15Br2NO3. The van der Waals surface area contributed by atoms with Gasteiger partial charge in [-0.1, -0.05) is 22.9 Å². The van der Waals surface area contributed by atoms with Crippen molar-refractivity contribution in [1.29, 1.82) is 0 Å². The van der Waals surface area contributed by atoms with Crippen LogP contribution in [0.2, 0.25) is 0 Å². The number of nitrogens with zero attached hydrogens (tertiary/aromatic N) is 1. The molecule has 1 amide bonds. The first kappa shape index (κ1) is 16.2. The largest absolute Gasteiger partial charge is 0.481 e. The lowest BCUT2D eigenvalue weighted by Gasteiger charge is -2.23. The fourth-order valence-electron chi connectivity index (χ4n) is 1.60. The van der Waals surface area contributed by atoms with Crippen LogP contribution < -0.4 is 0 Å². The lowest BCUT2D eigenvalue weighted by Crippen LogP contribution is -2.36. The third-order valence-corrected chi connectivity index (χ3v) is 3.90. The Kier molecular flexibility index (Phi) is 6.00. The summed E-state index contributed by atoms with van der Waals surface area (Å²) in [7, 11) is 0. The summed E-state index contributed by atoms with van der Waals surface area (Å²) in [6, 6.07) is 5.29. The summed E-state index contributed by atoms with van der Waals surface area (Å²) in [5, 5.41) is 8.92. The van der Waals surface area contributed by atoms with Gasteiger partial charge in [-0.2, -0.15) is 0 Å². The van der Waals surface area contributed by atoms with Crippen LogP contribution in [0.5, 0.6) is 0 Å². The van der Waals surface area contributed by atoms with Gasteiger partial charge in [-0.15, -0.1) is 0 Å². The van der Waals surface area contributed by atoms with E-state index in [0.29, 0.717) is 16.6 Å². The van der Waals surface area contributed by atoms with Crippen molar-refractivity contribution in [2.45, 2.75) is 13.8 Å². The molecule has 0 radical (unpaired) electrons. The molecule has 1 rings (SSSR count). The molecule has 1 aromatic rings. The molecule has 1 atom stereocenters. The fraction of sp³-hybridized carbons (Fsp3) is 0.385. The number of halogens is 2. The number of rotatable bonds is 5. The van der Waals surface area contributed by atoms with Gasteiger partial charge < -0.3 is 10.0 Å². The summed E-state index contributed by atoms with van der Waals surface area (Å²) < 4.78 is 1.56. The number of carbonyl (C=O) groups excluding carboxylic acids is 1. The van der Waals surface area contributed by atoms with Gasteiger partial charge in [0, 0.05) is 22.0 Å². The molecule has 6 heteroatoms. The van der Waals surface area contributed by atoms with E-state index in [1.54, 1.807) is 25.1 Å². The van der Waals surface area contributed by atoms with Gasteiger partial charge in [0.05, 0.1) is 11.5 Å². The first-order valence-electron chi connectivity index (χ1n) is 5.84. The van der Waals surface area contributed by atoms with E-state index in [0.717, 1.165) is 4.47 Å². The second-order valence-corrected chi connectivity index (χ2v) is 5.98. The van der Waals surface area contributed by atoms with Crippen LogP contribution in [-0.2, 0) is 4.79 Å². The zero-order valence-electron chi connectivity index (χ0n) is 10.7. The number of carbonyl (C=O) groups is 2. The molecule has 19 heavy (non-hydrogen) atoms. The predicted octanol–water partition coefficient (Wildman–Crippen LogP) is 3.39. The summed E-state index contributed by atoms with van der Waals surface area (Å²) in [6.45, 7) is 4.10. The summed E-state index contributed by atoms with van der Waals surface area (Å²) in [6.07, 6.45) is 0. The Labute approximate surface area is 129 Å². The third-order valence-electron chi connectivity index (χ3n) is 2.75. The molecule has 0 fully saturated rings. The number of amides is 1. The van der Waals surface area contributed by atoms with Gasteiger partial charge in [-0.05, 0) is 41.1 Å². The van der Waals surface area contributed by atoms with Gasteiger partial charge in [-0.3, -0.25) is 9.59 Å². The number of hydrogen-bond acceptors (Lipinski definition) is 2. The molecular weight excluding hydrogens is 378 g/mol. The van der Waals surface area contributed by atoms with E-state index >= 15 is 0 Å². The molecule has 0 bridgehead atoms. The highest BCUT2D eigenvalue weighted by atomic mass is 79.9. The first-order chi connectivity index (χ1) is 8.86. The average Bonchev–Trinajstić information content (AvgIpc) is 2.34. The van der Waals surface area contributed by atoms with Gasteiger partial charge in [0.2, 0.25) is 0 Å². The van der Waals surface area contributed by atoms with Gasteiger partial charge in [-0.25, -0.2) is 0 Å². The molecule has 0 saturated carbocycles. The molecule has 0 saturated heterocycles. The van der Waals surface area contributed by atoms with Crippen LogP contribution in [0.1, 0.15) is 24.2 Å². The van der Waals surface area contributed by atoms with Gasteiger partial charge in [0.25, 0.3) is 5.91 Å². The van der Waals surface area contributed by atoms with Crippen molar-refractivity contribution in [2.75, 3.05) is 13.1 Å². The zero-order valence-corrected chi connectivity index (χ0v) is 13.9. The van der Waals surface area contributed by atoms with Crippen molar-refractivity contribution in [3.8, 4) is 0 Å². The Bertz CT molecular complexity index is 491. The van der Waals surface area contributed by atoms with Crippen LogP contribution in [0.15, 0.2) is 27.1 Å². The van der Waals surface area contributed by atoms with E-state index in [1.165, 1.54) is 4.90 Å². The van der Waals surface area contributed by atoms with E-state index in [4.69, 9.17) is 5.11 Å². The summed E-state index contributed by atoms with van der Waals surface area (Å²) in [5.74, 6) is -1.66. The SMILES string of the molecule is CCN(CC(C)C(=O)O)C(=O)c1ccc(Br)cc1Br. The van der Waals surface area contributed by atoms with Crippen molar-refractivity contribution in [3.63, 3.8) is 0 Å². The molecule has 104 valence electrons. The second kappa shape index (κ2) is 7.05. The van der Waals surface area contributed by atoms with E-state index in [1.807, 2.05) is 6.92 Å². The summed E-state index contributed by atoms with van der Waals surface area (Å²) in [5.41, 5.74) is 0.530. The molecule has 1 aromatic carbocycles. The minimum atomic E-state index is -0.902. The maximum atomic E-state index is 12.4. The Balaban J connectivity index is 2.92. The molecule has 4 nitrogen and oxygen atoms in total. The standard InChI is InChI=1S/C13H15Br2NO3/c1-3-16(7-8(2)13(18)19)12(17)10-5-4-9(14)6-11(10)15/h4-6,8H,3,7H2,1-2H3,(H,18,19). The van der Waals surface area contributed by atoms with Crippen LogP contribution in [0.25, 0.3) is 0 Å². The number of benzene rings is 1. The van der Waals surface area contributed by atoms with Crippen LogP contribution in [0, 0.1) is 5.92 Å². The minimum absolute atomic E-state index is 0.171. The normalized spacial score (nSPS) is 12.0. The molecule has 0 heterocycles. The second-order valence-electron chi connectivity index (χ2n) is 4.21. The maximum absolute atomic E-state index is 12.4. The Hall–Kier alpha value is -0.880. The zero-order chi connectivity index (χ0) is 14.6. The molecule has 0 spiro atoms. The van der Waals surface area contributed by atoms with Gasteiger partial charge in [0.1, 0.15) is 0 Å². The van der Waals surface area contributed by atoms with E-state index in [2.05, 4.69) is 31.9 Å². The highest BCUT2D eigenvalue weighted by Gasteiger charge is 2.21. The first-order valence-corrected chi connectivity index (χ1v) is 7.42. The van der Waals surface area contributed by atoms with Crippen molar-refractivity contribution in [2.24, 2.45) is 5.92 Å². The van der Waals surface area contributed by atoms with Crippen molar-refractivity contribution in [3.05, 3.63) is 32.7 Å². The number of hydrogen-bond donors (Lipinski definition) is 1. The Morgan fingerprint density at radius 1 is 1.37 bits per heavy atom. The molecule has 0 aliphatic rings. The van der Waals surface area contributed by atoms with Crippen LogP contribution >= 0.6 is 31.9 Å². The average molecular weight is 393 g/mol. The smallest absolute Gasteiger partial charge is 0.308 e. The molecule has 1 N–H and O–H groups in total. The lowest BCUT2D eigenvalue weighted by atomic mass is 10.1. The molecule has 0 aliphatic heterocycles. The third kappa shape index (κ3) is 4.31. The number of aliphatic carboxylic acids is 1. The van der Waals surface area contributed by atoms with Gasteiger partial charge >= 0.3 is 5.97 Å². The van der Waals surface area contributed by atoms with E-state index < -0.39 is 11.9 Å². The maximum Gasteiger partial charge on any atom is 0.308 e. The topological polar surface area (TPSA) is 57.6 Å². The minimum Gasteiger partial charge on any atom is -0.481 e. The molecule has 0 aliphatic carbocycles. The van der Waals surface area contributed by atoms with E-state index in [-0.39, 0.29) is 12.5 Å². The molecule has 1 unspecified atom stereocenters. The summed E-state index contributed by atoms with van der Waals surface area (Å²) >= 11 is 6.67. The van der Waals surface area contributed by atoms with Gasteiger partial charge in [0.15, 0.2) is 0 Å². The van der Waals surface area contributed by atoms with E-state index in [9.17, 15) is 9.59 Å². The Morgan fingerprint density at radius 2 is 2.00 bits per heavy atom. The monoisotopic (exact) mass is 391 g/mol. The fourth-order valence-corrected chi connectivity index (χ4v) is 2.81. The quantitative estimate of drug-likeness (QED) is 0.835. The Morgan fingerprint density at radius 3 is 2.47 bits per heavy atom. The van der Waals surface area contributed by atoms with Crippen LogP contribution in [0.4, 0.5) is 0 Å². The van der Waals surface area contributed by atoms with Crippen molar-refractivity contribution >= 4 is 43.7 Å². The lowest BCUT2D eigenvalue weighted by molar-refractivity contribution is -0.141. The highest BCUT2D eigenvalue weighted by molar-refractivity contribution is 9.11. The van der Waals surface area contributed by atoms with Crippen LogP contribution in [0.3, 0.4) is 0 Å². The molecule has 0 aromatic heterocycles. The predicted molar refractivity (Wildman–Crippen MR) is 80.2 cm³/mol. The highest BCUT2D eigenvalue weighted by Crippen LogP contribution is 2.23. The number of carboxylic acids is 1. The van der Waals surface area contributed by atoms with Crippen molar-refractivity contribution < 1.29 is 14.7 Å². The van der Waals surface area contributed by atoms with Crippen molar-refractivity contribution in [1.82, 2.24) is 4.90 Å². The van der Waals surface area contributed by atoms with Crippen LogP contribution in [-0.4, -0.2) is 35.0 Å². The number of carboxylic acid groups (broad SMARTS) is 1. The summed E-state index contributed by atoms with van der Waals surface area (Å²) in [4.78, 5) is 24.8.